The number of halogens is 3. The Morgan fingerprint density at radius 1 is 0.932 bits per heavy atom. The van der Waals surface area contributed by atoms with Crippen LogP contribution in [0.2, 0.25) is 0 Å². The van der Waals surface area contributed by atoms with Gasteiger partial charge in [0.1, 0.15) is 42.1 Å². The number of cyclic esters (lactones) is 1. The van der Waals surface area contributed by atoms with Crippen LogP contribution in [0.25, 0.3) is 0 Å². The van der Waals surface area contributed by atoms with E-state index in [2.05, 4.69) is 26.6 Å². The molecular weight excluding hydrogens is 811 g/mol. The lowest BCUT2D eigenvalue weighted by Crippen LogP contribution is -2.63. The van der Waals surface area contributed by atoms with Crippen molar-refractivity contribution in [3.63, 3.8) is 0 Å². The second kappa shape index (κ2) is 20.4. The van der Waals surface area contributed by atoms with Crippen LogP contribution in [0.3, 0.4) is 0 Å². The van der Waals surface area contributed by atoms with Gasteiger partial charge >= 0.3 is 18.1 Å². The number of amides is 5. The third-order valence-corrected chi connectivity index (χ3v) is 9.75. The van der Waals surface area contributed by atoms with Crippen molar-refractivity contribution in [2.75, 3.05) is 19.4 Å². The van der Waals surface area contributed by atoms with E-state index in [-0.39, 0.29) is 6.42 Å². The van der Waals surface area contributed by atoms with Gasteiger partial charge in [0.15, 0.2) is 0 Å². The number of esters is 2. The number of carbonyl (C=O) groups excluding carboxylic acids is 7. The molecule has 324 valence electrons. The Balaban J connectivity index is 1.92. The number of ether oxygens (including phenoxy) is 3. The summed E-state index contributed by atoms with van der Waals surface area (Å²) in [5.41, 5.74) is -3.75. The van der Waals surface area contributed by atoms with Crippen LogP contribution in [0.4, 0.5) is 13.2 Å². The standard InChI is InChI=1S/C37H46F3N5O13S/c1-20(2)28(43-26(46)18-23-12-8-6-9-13-23)33(50)42-25(19-59(53,54)55)31(48)44-30-21(3)57-27(47)16-17-41-32(49)29(45-34(30)51)22(4)58-35(52)36(56-5,37(38,39)40)24-14-10-7-11-15-24/h6-15,20-22,25,28-30H,16-19H2,1-5H3,(H,41,49)(H,42,50)(H,43,46)(H,44,48)(H,45,51)(H,53,54,55)/t21-,22+,25-,28+,29-,30+,36+/m1/s1. The van der Waals surface area contributed by atoms with E-state index in [0.29, 0.717) is 12.7 Å². The van der Waals surface area contributed by atoms with Crippen molar-refractivity contribution in [3.05, 3.63) is 71.8 Å². The first-order chi connectivity index (χ1) is 27.5. The molecule has 22 heteroatoms. The maximum atomic E-state index is 14.6. The summed E-state index contributed by atoms with van der Waals surface area (Å²) in [5.74, 6) is -10.7. The van der Waals surface area contributed by atoms with Gasteiger partial charge in [-0.1, -0.05) is 74.5 Å². The van der Waals surface area contributed by atoms with Crippen LogP contribution in [0.15, 0.2) is 60.7 Å². The molecule has 6 N–H and O–H groups in total. The normalized spacial score (nSPS) is 20.5. The molecule has 1 fully saturated rings. The summed E-state index contributed by atoms with van der Waals surface area (Å²) in [6, 6.07) is 6.65. The van der Waals surface area contributed by atoms with Crippen molar-refractivity contribution in [1.29, 1.82) is 0 Å². The summed E-state index contributed by atoms with van der Waals surface area (Å²) in [6.07, 6.45) is -9.56. The topological polar surface area (TPSA) is 262 Å². The van der Waals surface area contributed by atoms with Gasteiger partial charge < -0.3 is 40.8 Å². The highest BCUT2D eigenvalue weighted by Gasteiger charge is 2.64. The third-order valence-electron chi connectivity index (χ3n) is 8.99. The van der Waals surface area contributed by atoms with Crippen LogP contribution in [-0.2, 0) is 69.9 Å². The molecule has 0 radical (unpaired) electrons. The van der Waals surface area contributed by atoms with Gasteiger partial charge in [-0.05, 0) is 25.3 Å². The van der Waals surface area contributed by atoms with Crippen molar-refractivity contribution in [1.82, 2.24) is 26.6 Å². The highest BCUT2D eigenvalue weighted by molar-refractivity contribution is 7.85. The van der Waals surface area contributed by atoms with Crippen LogP contribution in [0, 0.1) is 5.92 Å². The molecule has 7 atom stereocenters. The van der Waals surface area contributed by atoms with E-state index >= 15 is 0 Å². The second-order valence-corrected chi connectivity index (χ2v) is 15.3. The SMILES string of the molecule is CO[C@](C(=O)O[C@@H](C)[C@H]1NC(=O)[C@@H](NC(=O)[C@@H](CS(=O)(=O)O)NC(=O)[C@@H](NC(=O)Cc2ccccc2)C(C)C)[C@@H](C)OC(=O)CCNC1=O)(c1ccccc1)C(F)(F)F. The van der Waals surface area contributed by atoms with Gasteiger partial charge in [0.25, 0.3) is 15.7 Å². The summed E-state index contributed by atoms with van der Waals surface area (Å²) in [6.45, 7) is 4.75. The van der Waals surface area contributed by atoms with Gasteiger partial charge in [-0.2, -0.15) is 21.6 Å². The molecule has 18 nitrogen and oxygen atoms in total. The number of carbonyl (C=O) groups is 7. The van der Waals surface area contributed by atoms with Gasteiger partial charge in [0.2, 0.25) is 29.5 Å². The highest BCUT2D eigenvalue weighted by atomic mass is 32.2. The molecule has 1 aliphatic rings. The lowest BCUT2D eigenvalue weighted by molar-refractivity contribution is -0.278. The molecule has 1 saturated heterocycles. The summed E-state index contributed by atoms with van der Waals surface area (Å²) in [4.78, 5) is 93.1. The zero-order valence-corrected chi connectivity index (χ0v) is 33.3. The number of hydrogen-bond donors (Lipinski definition) is 6. The van der Waals surface area contributed by atoms with E-state index in [1.54, 1.807) is 44.2 Å². The molecule has 0 bridgehead atoms. The van der Waals surface area contributed by atoms with Crippen LogP contribution >= 0.6 is 0 Å². The molecule has 2 aromatic carbocycles. The Kier molecular flexibility index (Phi) is 16.5. The quantitative estimate of drug-likeness (QED) is 0.104. The number of alkyl halides is 3. The number of hydrogen-bond acceptors (Lipinski definition) is 12. The van der Waals surface area contributed by atoms with E-state index in [1.165, 1.54) is 18.2 Å². The molecule has 59 heavy (non-hydrogen) atoms. The molecule has 0 spiro atoms. The van der Waals surface area contributed by atoms with E-state index in [1.807, 2.05) is 0 Å². The van der Waals surface area contributed by atoms with Gasteiger partial charge in [0, 0.05) is 19.2 Å². The van der Waals surface area contributed by atoms with Crippen molar-refractivity contribution in [2.24, 2.45) is 5.92 Å². The minimum atomic E-state index is -5.40. The average Bonchev–Trinajstić information content (AvgIpc) is 3.15. The fourth-order valence-electron chi connectivity index (χ4n) is 5.92. The number of benzene rings is 2. The first kappa shape index (κ1) is 47.8. The number of methoxy groups -OCH3 is 1. The summed E-state index contributed by atoms with van der Waals surface area (Å²) in [5, 5.41) is 11.2. The Morgan fingerprint density at radius 3 is 2.07 bits per heavy atom. The van der Waals surface area contributed by atoms with Gasteiger partial charge in [-0.25, -0.2) is 4.79 Å². The molecular formula is C37H46F3N5O13S. The van der Waals surface area contributed by atoms with Crippen molar-refractivity contribution in [2.45, 2.75) is 88.7 Å². The zero-order valence-electron chi connectivity index (χ0n) is 32.5. The van der Waals surface area contributed by atoms with Gasteiger partial charge in [0.05, 0.1) is 12.8 Å². The molecule has 2 aromatic rings. The van der Waals surface area contributed by atoms with E-state index in [4.69, 9.17) is 14.2 Å². The molecule has 1 aliphatic heterocycles. The van der Waals surface area contributed by atoms with Crippen LogP contribution < -0.4 is 26.6 Å². The summed E-state index contributed by atoms with van der Waals surface area (Å²) in [7, 11) is -4.44. The number of nitrogens with one attached hydrogen (secondary N) is 5. The monoisotopic (exact) mass is 857 g/mol. The predicted octanol–water partition coefficient (Wildman–Crippen LogP) is 0.200. The molecule has 5 amide bonds. The Labute approximate surface area is 337 Å². The van der Waals surface area contributed by atoms with Crippen molar-refractivity contribution < 1.29 is 73.9 Å². The zero-order chi connectivity index (χ0) is 44.3. The van der Waals surface area contributed by atoms with E-state index in [0.717, 1.165) is 26.0 Å². The molecule has 0 unspecified atom stereocenters. The van der Waals surface area contributed by atoms with Crippen LogP contribution in [0.5, 0.6) is 0 Å². The largest absolute Gasteiger partial charge is 0.460 e. The maximum absolute atomic E-state index is 14.6. The smallest absolute Gasteiger partial charge is 0.432 e. The van der Waals surface area contributed by atoms with E-state index < -0.39 is 130 Å². The summed E-state index contributed by atoms with van der Waals surface area (Å²) >= 11 is 0. The Morgan fingerprint density at radius 2 is 1.53 bits per heavy atom. The highest BCUT2D eigenvalue weighted by Crippen LogP contribution is 2.43. The Bertz CT molecular complexity index is 1950. The van der Waals surface area contributed by atoms with Crippen molar-refractivity contribution in [3.8, 4) is 0 Å². The van der Waals surface area contributed by atoms with Crippen LogP contribution in [-0.4, -0.2) is 116 Å². The number of rotatable bonds is 15. The minimum Gasteiger partial charge on any atom is -0.460 e. The molecule has 0 saturated carbocycles. The van der Waals surface area contributed by atoms with Crippen molar-refractivity contribution >= 4 is 51.6 Å². The minimum absolute atomic E-state index is 0.140. The molecule has 3 rings (SSSR count). The first-order valence-corrected chi connectivity index (χ1v) is 19.7. The predicted molar refractivity (Wildman–Crippen MR) is 199 cm³/mol. The van der Waals surface area contributed by atoms with E-state index in [9.17, 15) is 59.7 Å². The molecule has 0 aliphatic carbocycles. The lowest BCUT2D eigenvalue weighted by atomic mass is 9.92. The third kappa shape index (κ3) is 12.9. The maximum Gasteiger partial charge on any atom is 0.432 e. The van der Waals surface area contributed by atoms with Crippen LogP contribution in [0.1, 0.15) is 45.2 Å². The lowest BCUT2D eigenvalue weighted by Gasteiger charge is -2.34. The first-order valence-electron chi connectivity index (χ1n) is 18.1. The fraction of sp³-hybridized carbons (Fsp3) is 0.486. The van der Waals surface area contributed by atoms with Gasteiger partial charge in [-0.15, -0.1) is 0 Å². The van der Waals surface area contributed by atoms with Gasteiger partial charge in [-0.3, -0.25) is 33.3 Å². The Hall–Kier alpha value is -5.61. The molecule has 1 heterocycles. The second-order valence-electron chi connectivity index (χ2n) is 13.8. The molecule has 0 aromatic heterocycles. The average molecular weight is 858 g/mol. The summed E-state index contributed by atoms with van der Waals surface area (Å²) < 4.78 is 92.5. The fourth-order valence-corrected chi connectivity index (χ4v) is 6.58.